The van der Waals surface area contributed by atoms with Crippen molar-refractivity contribution in [3.63, 3.8) is 0 Å². The van der Waals surface area contributed by atoms with Crippen molar-refractivity contribution in [3.05, 3.63) is 24.0 Å². The van der Waals surface area contributed by atoms with Crippen LogP contribution in [-0.4, -0.2) is 34.5 Å². The predicted octanol–water partition coefficient (Wildman–Crippen LogP) is 3.06. The van der Waals surface area contributed by atoms with Gasteiger partial charge in [-0.2, -0.15) is 0 Å². The number of hydrogen-bond acceptors (Lipinski definition) is 3. The molecule has 0 atom stereocenters. The van der Waals surface area contributed by atoms with Crippen LogP contribution in [0.1, 0.15) is 32.5 Å². The number of piperidine rings is 1. The highest BCUT2D eigenvalue weighted by Crippen LogP contribution is 2.24. The van der Waals surface area contributed by atoms with Crippen LogP contribution < -0.4 is 5.73 Å². The van der Waals surface area contributed by atoms with Gasteiger partial charge in [0.15, 0.2) is 0 Å². The fourth-order valence-electron chi connectivity index (χ4n) is 3.31. The number of aromatic amines is 1. The molecule has 0 bridgehead atoms. The van der Waals surface area contributed by atoms with Crippen molar-refractivity contribution in [1.82, 2.24) is 14.9 Å². The fourth-order valence-corrected chi connectivity index (χ4v) is 3.31. The summed E-state index contributed by atoms with van der Waals surface area (Å²) < 4.78 is 0. The molecule has 0 aliphatic carbocycles. The van der Waals surface area contributed by atoms with Crippen LogP contribution in [0, 0.1) is 11.8 Å². The van der Waals surface area contributed by atoms with E-state index in [-0.39, 0.29) is 0 Å². The molecule has 1 fully saturated rings. The third-order valence-corrected chi connectivity index (χ3v) is 4.79. The molecule has 3 rings (SSSR count). The van der Waals surface area contributed by atoms with Gasteiger partial charge in [0.25, 0.3) is 0 Å². The number of rotatable bonds is 4. The number of H-pyrrole nitrogens is 1. The third kappa shape index (κ3) is 3.38. The number of nitrogens with two attached hydrogens (primary N) is 1. The molecule has 21 heavy (non-hydrogen) atoms. The minimum absolute atomic E-state index is 0.786. The van der Waals surface area contributed by atoms with Crippen LogP contribution in [-0.2, 0) is 6.42 Å². The summed E-state index contributed by atoms with van der Waals surface area (Å²) >= 11 is 0. The summed E-state index contributed by atoms with van der Waals surface area (Å²) in [5.41, 5.74) is 8.65. The van der Waals surface area contributed by atoms with Gasteiger partial charge in [-0.15, -0.1) is 0 Å². The maximum atomic E-state index is 5.81. The van der Waals surface area contributed by atoms with Crippen LogP contribution in [0.15, 0.2) is 18.2 Å². The third-order valence-electron chi connectivity index (χ3n) is 4.79. The Bertz CT molecular complexity index is 594. The number of hydrogen-bond donors (Lipinski definition) is 2. The van der Waals surface area contributed by atoms with Crippen molar-refractivity contribution >= 4 is 16.7 Å². The number of fused-ring (bicyclic) bond motifs is 1. The maximum absolute atomic E-state index is 5.81. The zero-order chi connectivity index (χ0) is 14.8. The van der Waals surface area contributed by atoms with E-state index >= 15 is 0 Å². The van der Waals surface area contributed by atoms with E-state index in [4.69, 9.17) is 5.73 Å². The lowest BCUT2D eigenvalue weighted by atomic mass is 9.87. The van der Waals surface area contributed by atoms with Crippen LogP contribution in [0.5, 0.6) is 0 Å². The van der Waals surface area contributed by atoms with Crippen molar-refractivity contribution in [2.45, 2.75) is 33.1 Å². The van der Waals surface area contributed by atoms with Gasteiger partial charge in [-0.3, -0.25) is 0 Å². The molecule has 1 aliphatic heterocycles. The Morgan fingerprint density at radius 1 is 1.33 bits per heavy atom. The number of likely N-dealkylation sites (tertiary alicyclic amines) is 1. The topological polar surface area (TPSA) is 57.9 Å². The Labute approximate surface area is 126 Å². The van der Waals surface area contributed by atoms with E-state index in [1.54, 1.807) is 0 Å². The van der Waals surface area contributed by atoms with E-state index in [9.17, 15) is 0 Å². The molecule has 2 aromatic rings. The van der Waals surface area contributed by atoms with Crippen molar-refractivity contribution in [1.29, 1.82) is 0 Å². The van der Waals surface area contributed by atoms with Crippen LogP contribution in [0.2, 0.25) is 0 Å². The molecule has 0 amide bonds. The number of nitrogens with zero attached hydrogens (tertiary/aromatic N) is 2. The second-order valence-electron chi connectivity index (χ2n) is 6.63. The van der Waals surface area contributed by atoms with E-state index in [2.05, 4.69) is 28.7 Å². The smallest absolute Gasteiger partial charge is 0.108 e. The Hall–Kier alpha value is -1.55. The van der Waals surface area contributed by atoms with E-state index < -0.39 is 0 Å². The molecule has 114 valence electrons. The maximum Gasteiger partial charge on any atom is 0.108 e. The molecular weight excluding hydrogens is 260 g/mol. The molecule has 4 heteroatoms. The molecular formula is C17H26N4. The summed E-state index contributed by atoms with van der Waals surface area (Å²) in [6.45, 7) is 8.26. The molecule has 4 nitrogen and oxygen atoms in total. The molecule has 0 unspecified atom stereocenters. The Balaban J connectivity index is 1.55. The highest BCUT2D eigenvalue weighted by Gasteiger charge is 2.21. The molecule has 0 spiro atoms. The van der Waals surface area contributed by atoms with E-state index in [0.717, 1.165) is 47.3 Å². The van der Waals surface area contributed by atoms with E-state index in [0.29, 0.717) is 0 Å². The number of nitrogens with one attached hydrogen (secondary N) is 1. The first kappa shape index (κ1) is 14.4. The van der Waals surface area contributed by atoms with Crippen molar-refractivity contribution < 1.29 is 0 Å². The summed E-state index contributed by atoms with van der Waals surface area (Å²) in [4.78, 5) is 10.6. The predicted molar refractivity (Wildman–Crippen MR) is 88.2 cm³/mol. The molecule has 1 aromatic carbocycles. The number of benzene rings is 1. The quantitative estimate of drug-likeness (QED) is 0.849. The zero-order valence-electron chi connectivity index (χ0n) is 13.1. The first-order valence-corrected chi connectivity index (χ1v) is 8.08. The van der Waals surface area contributed by atoms with Gasteiger partial charge in [-0.25, -0.2) is 4.98 Å². The summed E-state index contributed by atoms with van der Waals surface area (Å²) in [5.74, 6) is 2.81. The van der Waals surface area contributed by atoms with Crippen molar-refractivity contribution in [2.24, 2.45) is 11.8 Å². The SMILES string of the molecule is CC(C)C1CCN(CCc2nc3ccc(N)cc3[nH]2)CC1. The number of imidazole rings is 1. The van der Waals surface area contributed by atoms with E-state index in [1.807, 2.05) is 18.2 Å². The van der Waals surface area contributed by atoms with Crippen LogP contribution in [0.4, 0.5) is 5.69 Å². The summed E-state index contributed by atoms with van der Waals surface area (Å²) in [6, 6.07) is 5.85. The average molecular weight is 286 g/mol. The second kappa shape index (κ2) is 6.06. The summed E-state index contributed by atoms with van der Waals surface area (Å²) in [6.07, 6.45) is 3.67. The lowest BCUT2D eigenvalue weighted by Gasteiger charge is -2.33. The van der Waals surface area contributed by atoms with Gasteiger partial charge in [0, 0.05) is 18.7 Å². The average Bonchev–Trinajstić information content (AvgIpc) is 2.87. The molecule has 1 aromatic heterocycles. The minimum atomic E-state index is 0.786. The first-order valence-electron chi connectivity index (χ1n) is 8.08. The zero-order valence-corrected chi connectivity index (χ0v) is 13.1. The van der Waals surface area contributed by atoms with Gasteiger partial charge in [0.1, 0.15) is 5.82 Å². The molecule has 2 heterocycles. The second-order valence-corrected chi connectivity index (χ2v) is 6.63. The van der Waals surface area contributed by atoms with E-state index in [1.165, 1.54) is 25.9 Å². The van der Waals surface area contributed by atoms with Gasteiger partial charge < -0.3 is 15.6 Å². The lowest BCUT2D eigenvalue weighted by molar-refractivity contribution is 0.159. The normalized spacial score (nSPS) is 17.9. The number of aromatic nitrogens is 2. The molecule has 3 N–H and O–H groups in total. The highest BCUT2D eigenvalue weighted by atomic mass is 15.1. The highest BCUT2D eigenvalue weighted by molar-refractivity contribution is 5.78. The molecule has 0 saturated carbocycles. The van der Waals surface area contributed by atoms with Crippen LogP contribution >= 0.6 is 0 Å². The fraction of sp³-hybridized carbons (Fsp3) is 0.588. The standard InChI is InChI=1S/C17H26N4/c1-12(2)13-5-8-21(9-6-13)10-7-17-19-15-4-3-14(18)11-16(15)20-17/h3-4,11-13H,5-10,18H2,1-2H3,(H,19,20). The number of nitrogen functional groups attached to an aromatic ring is 1. The Kier molecular flexibility index (Phi) is 4.15. The van der Waals surface area contributed by atoms with Crippen LogP contribution in [0.25, 0.3) is 11.0 Å². The van der Waals surface area contributed by atoms with Crippen LogP contribution in [0.3, 0.4) is 0 Å². The van der Waals surface area contributed by atoms with Gasteiger partial charge in [0.05, 0.1) is 11.0 Å². The van der Waals surface area contributed by atoms with Gasteiger partial charge in [0.2, 0.25) is 0 Å². The first-order chi connectivity index (χ1) is 10.1. The summed E-state index contributed by atoms with van der Waals surface area (Å²) in [7, 11) is 0. The molecule has 1 saturated heterocycles. The Morgan fingerprint density at radius 2 is 2.10 bits per heavy atom. The van der Waals surface area contributed by atoms with Crippen molar-refractivity contribution in [2.75, 3.05) is 25.4 Å². The van der Waals surface area contributed by atoms with Crippen molar-refractivity contribution in [3.8, 4) is 0 Å². The van der Waals surface area contributed by atoms with Gasteiger partial charge in [-0.1, -0.05) is 13.8 Å². The largest absolute Gasteiger partial charge is 0.399 e. The minimum Gasteiger partial charge on any atom is -0.399 e. The number of anilines is 1. The molecule has 0 radical (unpaired) electrons. The summed E-state index contributed by atoms with van der Waals surface area (Å²) in [5, 5.41) is 0. The molecule has 1 aliphatic rings. The monoisotopic (exact) mass is 286 g/mol. The van der Waals surface area contributed by atoms with Gasteiger partial charge in [-0.05, 0) is 56.0 Å². The lowest BCUT2D eigenvalue weighted by Crippen LogP contribution is -2.36. The van der Waals surface area contributed by atoms with Gasteiger partial charge >= 0.3 is 0 Å². The Morgan fingerprint density at radius 3 is 2.81 bits per heavy atom.